The van der Waals surface area contributed by atoms with Gasteiger partial charge in [0.2, 0.25) is 0 Å². The Kier molecular flexibility index (Phi) is 2.87. The maximum atomic E-state index is 12.8. The van der Waals surface area contributed by atoms with Crippen molar-refractivity contribution in [3.05, 3.63) is 29.3 Å². The normalized spacial score (nSPS) is 11.7. The maximum Gasteiger partial charge on any atom is 0.284 e. The number of hydrogen-bond acceptors (Lipinski definition) is 1. The molecule has 0 aliphatic rings. The molecule has 0 aliphatic heterocycles. The van der Waals surface area contributed by atoms with Gasteiger partial charge in [-0.2, -0.15) is 8.78 Å². The molecule has 13 heavy (non-hydrogen) atoms. The molecular formula is C9H11F2OP. The smallest absolute Gasteiger partial charge is 0.284 e. The number of phenolic OH excluding ortho intramolecular Hbond substituents is 1. The molecule has 0 aromatic heterocycles. The average molecular weight is 204 g/mol. The number of halogens is 2. The van der Waals surface area contributed by atoms with Crippen molar-refractivity contribution >= 4 is 9.24 Å². The van der Waals surface area contributed by atoms with Crippen molar-refractivity contribution in [2.75, 3.05) is 0 Å². The minimum atomic E-state index is -2.97. The van der Waals surface area contributed by atoms with Gasteiger partial charge < -0.3 is 5.11 Å². The topological polar surface area (TPSA) is 20.2 Å². The predicted molar refractivity (Wildman–Crippen MR) is 51.1 cm³/mol. The van der Waals surface area contributed by atoms with Crippen LogP contribution in [0.25, 0.3) is 0 Å². The zero-order valence-electron chi connectivity index (χ0n) is 7.22. The number of hydrogen-bond donors (Lipinski definition) is 1. The van der Waals surface area contributed by atoms with Crippen LogP contribution >= 0.6 is 9.24 Å². The Hall–Kier alpha value is -0.690. The maximum absolute atomic E-state index is 12.8. The summed E-state index contributed by atoms with van der Waals surface area (Å²) in [6, 6.07) is 3.96. The average Bonchev–Trinajstić information content (AvgIpc) is 2.01. The largest absolute Gasteiger partial charge is 0.508 e. The molecule has 0 saturated heterocycles. The Morgan fingerprint density at radius 2 is 2.00 bits per heavy atom. The summed E-state index contributed by atoms with van der Waals surface area (Å²) in [5.74, 6) is -0.114. The summed E-state index contributed by atoms with van der Waals surface area (Å²) in [5, 5.41) is 9.15. The van der Waals surface area contributed by atoms with E-state index in [1.165, 1.54) is 21.4 Å². The highest BCUT2D eigenvalue weighted by atomic mass is 31.0. The molecule has 1 aromatic rings. The molecule has 0 saturated carbocycles. The SMILES string of the molecule is CCc1cc(O)cc(C(F)(F)P)c1. The summed E-state index contributed by atoms with van der Waals surface area (Å²) in [7, 11) is 1.45. The third-order valence-corrected chi connectivity index (χ3v) is 2.10. The lowest BCUT2D eigenvalue weighted by molar-refractivity contribution is 0.103. The lowest BCUT2D eigenvalue weighted by Gasteiger charge is -2.12. The van der Waals surface area contributed by atoms with Gasteiger partial charge in [0.25, 0.3) is 5.66 Å². The fourth-order valence-electron chi connectivity index (χ4n) is 1.07. The van der Waals surface area contributed by atoms with E-state index in [-0.39, 0.29) is 11.3 Å². The Morgan fingerprint density at radius 3 is 2.46 bits per heavy atom. The lowest BCUT2D eigenvalue weighted by Crippen LogP contribution is -2.02. The van der Waals surface area contributed by atoms with Crippen LogP contribution in [0, 0.1) is 0 Å². The van der Waals surface area contributed by atoms with Gasteiger partial charge in [0.15, 0.2) is 0 Å². The van der Waals surface area contributed by atoms with E-state index in [2.05, 4.69) is 0 Å². The molecule has 0 fully saturated rings. The van der Waals surface area contributed by atoms with Crippen molar-refractivity contribution in [3.8, 4) is 5.75 Å². The second kappa shape index (κ2) is 3.59. The number of aryl methyl sites for hydroxylation is 1. The van der Waals surface area contributed by atoms with E-state index in [0.717, 1.165) is 6.07 Å². The highest BCUT2D eigenvalue weighted by Gasteiger charge is 2.25. The standard InChI is InChI=1S/C9H11F2OP/c1-2-6-3-7(9(10,11)13)5-8(12)4-6/h3-5,12H,2,13H2,1H3. The monoisotopic (exact) mass is 204 g/mol. The van der Waals surface area contributed by atoms with Gasteiger partial charge in [-0.05, 0) is 30.2 Å². The van der Waals surface area contributed by atoms with Crippen LogP contribution in [0.1, 0.15) is 18.1 Å². The molecule has 0 heterocycles. The summed E-state index contributed by atoms with van der Waals surface area (Å²) < 4.78 is 25.6. The number of benzene rings is 1. The number of phenols is 1. The van der Waals surface area contributed by atoms with Crippen LogP contribution in [0.4, 0.5) is 8.78 Å². The number of aromatic hydroxyl groups is 1. The van der Waals surface area contributed by atoms with Crippen molar-refractivity contribution in [2.45, 2.75) is 19.0 Å². The highest BCUT2D eigenvalue weighted by molar-refractivity contribution is 7.17. The molecule has 1 atom stereocenters. The molecule has 1 nitrogen and oxygen atoms in total. The van der Waals surface area contributed by atoms with Gasteiger partial charge in [0, 0.05) is 5.56 Å². The van der Waals surface area contributed by atoms with Gasteiger partial charge in [-0.3, -0.25) is 0 Å². The van der Waals surface area contributed by atoms with Crippen LogP contribution in [-0.4, -0.2) is 5.11 Å². The van der Waals surface area contributed by atoms with Crippen molar-refractivity contribution in [2.24, 2.45) is 0 Å². The molecule has 4 heteroatoms. The first-order valence-electron chi connectivity index (χ1n) is 3.93. The van der Waals surface area contributed by atoms with E-state index >= 15 is 0 Å². The minimum absolute atomic E-state index is 0.114. The summed E-state index contributed by atoms with van der Waals surface area (Å²) >= 11 is 0. The van der Waals surface area contributed by atoms with E-state index in [4.69, 9.17) is 5.11 Å². The van der Waals surface area contributed by atoms with Crippen molar-refractivity contribution in [3.63, 3.8) is 0 Å². The molecule has 1 N–H and O–H groups in total. The molecule has 0 bridgehead atoms. The number of rotatable bonds is 2. The van der Waals surface area contributed by atoms with Crippen molar-refractivity contribution in [1.29, 1.82) is 0 Å². The molecular weight excluding hydrogens is 193 g/mol. The van der Waals surface area contributed by atoms with Crippen LogP contribution < -0.4 is 0 Å². The molecule has 1 aromatic carbocycles. The Morgan fingerprint density at radius 1 is 1.38 bits per heavy atom. The molecule has 1 unspecified atom stereocenters. The second-order valence-electron chi connectivity index (χ2n) is 2.86. The van der Waals surface area contributed by atoms with Crippen LogP contribution in [0.3, 0.4) is 0 Å². The van der Waals surface area contributed by atoms with Crippen LogP contribution in [0.5, 0.6) is 5.75 Å². The van der Waals surface area contributed by atoms with E-state index in [0.29, 0.717) is 12.0 Å². The van der Waals surface area contributed by atoms with Gasteiger partial charge in [-0.1, -0.05) is 16.2 Å². The lowest BCUT2D eigenvalue weighted by atomic mass is 10.1. The minimum Gasteiger partial charge on any atom is -0.508 e. The first kappa shape index (κ1) is 10.4. The summed E-state index contributed by atoms with van der Waals surface area (Å²) in [6.45, 7) is 1.85. The van der Waals surface area contributed by atoms with Crippen LogP contribution in [0.15, 0.2) is 18.2 Å². The van der Waals surface area contributed by atoms with E-state index in [9.17, 15) is 8.78 Å². The fraction of sp³-hybridized carbons (Fsp3) is 0.333. The van der Waals surface area contributed by atoms with Crippen molar-refractivity contribution in [1.82, 2.24) is 0 Å². The summed E-state index contributed by atoms with van der Waals surface area (Å²) in [5.41, 5.74) is -2.44. The van der Waals surface area contributed by atoms with Gasteiger partial charge in [-0.15, -0.1) is 0 Å². The quantitative estimate of drug-likeness (QED) is 0.734. The first-order chi connectivity index (χ1) is 5.93. The summed E-state index contributed by atoms with van der Waals surface area (Å²) in [4.78, 5) is 0. The second-order valence-corrected chi connectivity index (χ2v) is 3.59. The van der Waals surface area contributed by atoms with Crippen LogP contribution in [-0.2, 0) is 12.1 Å². The molecule has 0 spiro atoms. The van der Waals surface area contributed by atoms with Gasteiger partial charge in [-0.25, -0.2) is 0 Å². The zero-order chi connectivity index (χ0) is 10.1. The van der Waals surface area contributed by atoms with Gasteiger partial charge in [0.1, 0.15) is 5.75 Å². The van der Waals surface area contributed by atoms with Gasteiger partial charge >= 0.3 is 0 Å². The Bertz CT molecular complexity index is 307. The van der Waals surface area contributed by atoms with Crippen LogP contribution in [0.2, 0.25) is 0 Å². The summed E-state index contributed by atoms with van der Waals surface area (Å²) in [6.07, 6.45) is 0.627. The molecule has 0 amide bonds. The van der Waals surface area contributed by atoms with Gasteiger partial charge in [0.05, 0.1) is 0 Å². The zero-order valence-corrected chi connectivity index (χ0v) is 8.37. The third kappa shape index (κ3) is 2.63. The molecule has 0 aliphatic carbocycles. The Labute approximate surface area is 78.0 Å². The fourth-order valence-corrected chi connectivity index (χ4v) is 1.24. The molecule has 72 valence electrons. The molecule has 0 radical (unpaired) electrons. The predicted octanol–water partition coefficient (Wildman–Crippen LogP) is 2.88. The first-order valence-corrected chi connectivity index (χ1v) is 4.51. The third-order valence-electron chi connectivity index (χ3n) is 1.77. The van der Waals surface area contributed by atoms with E-state index in [1.807, 2.05) is 6.92 Å². The van der Waals surface area contributed by atoms with Crippen molar-refractivity contribution < 1.29 is 13.9 Å². The van der Waals surface area contributed by atoms with E-state index in [1.54, 1.807) is 0 Å². The Balaban J connectivity index is 3.16. The number of alkyl halides is 2. The highest BCUT2D eigenvalue weighted by Crippen LogP contribution is 2.36. The van der Waals surface area contributed by atoms with E-state index < -0.39 is 5.66 Å². The molecule has 1 rings (SSSR count).